The maximum atomic E-state index is 10.8. The van der Waals surface area contributed by atoms with Crippen molar-refractivity contribution in [1.29, 1.82) is 0 Å². The standard InChI is InChI=1S/C16H17BrN4O2/c17-12-1-3-13(4-2-12)19-7-9-20(10-8-19)14-5-6-16(21(22)23)15(18)11-14/h1-6,11H,7-10,18H2. The topological polar surface area (TPSA) is 75.6 Å². The van der Waals surface area contributed by atoms with E-state index in [2.05, 4.69) is 37.9 Å². The number of hydrogen-bond donors (Lipinski definition) is 1. The van der Waals surface area contributed by atoms with Crippen LogP contribution in [0.2, 0.25) is 0 Å². The first-order chi connectivity index (χ1) is 11.0. The summed E-state index contributed by atoms with van der Waals surface area (Å²) in [6, 6.07) is 13.2. The third-order valence-electron chi connectivity index (χ3n) is 4.04. The van der Waals surface area contributed by atoms with E-state index in [4.69, 9.17) is 5.73 Å². The number of nitro groups is 1. The van der Waals surface area contributed by atoms with E-state index < -0.39 is 4.92 Å². The molecule has 0 radical (unpaired) electrons. The van der Waals surface area contributed by atoms with Gasteiger partial charge in [-0.3, -0.25) is 10.1 Å². The van der Waals surface area contributed by atoms with Gasteiger partial charge in [0.05, 0.1) is 4.92 Å². The Balaban J connectivity index is 1.68. The molecule has 0 unspecified atom stereocenters. The molecule has 1 heterocycles. The number of nitro benzene ring substituents is 1. The Morgan fingerprint density at radius 2 is 1.48 bits per heavy atom. The second-order valence-corrected chi connectivity index (χ2v) is 6.37. The van der Waals surface area contributed by atoms with Crippen molar-refractivity contribution in [2.24, 2.45) is 0 Å². The smallest absolute Gasteiger partial charge is 0.292 e. The van der Waals surface area contributed by atoms with Gasteiger partial charge >= 0.3 is 0 Å². The molecule has 0 spiro atoms. The molecule has 1 fully saturated rings. The molecular weight excluding hydrogens is 360 g/mol. The van der Waals surface area contributed by atoms with Crippen molar-refractivity contribution in [3.63, 3.8) is 0 Å². The van der Waals surface area contributed by atoms with Crippen LogP contribution >= 0.6 is 15.9 Å². The summed E-state index contributed by atoms with van der Waals surface area (Å²) < 4.78 is 1.07. The molecule has 2 aromatic carbocycles. The maximum Gasteiger partial charge on any atom is 0.292 e. The summed E-state index contributed by atoms with van der Waals surface area (Å²) >= 11 is 3.45. The van der Waals surface area contributed by atoms with Crippen molar-refractivity contribution in [2.75, 3.05) is 41.7 Å². The van der Waals surface area contributed by atoms with Gasteiger partial charge in [-0.1, -0.05) is 15.9 Å². The highest BCUT2D eigenvalue weighted by Gasteiger charge is 2.19. The molecule has 0 amide bonds. The first kappa shape index (κ1) is 15.6. The first-order valence-electron chi connectivity index (χ1n) is 7.34. The third-order valence-corrected chi connectivity index (χ3v) is 4.57. The van der Waals surface area contributed by atoms with Crippen LogP contribution in [0, 0.1) is 10.1 Å². The molecule has 3 rings (SSSR count). The second kappa shape index (κ2) is 6.45. The summed E-state index contributed by atoms with van der Waals surface area (Å²) in [4.78, 5) is 14.9. The molecule has 0 bridgehead atoms. The van der Waals surface area contributed by atoms with E-state index in [0.717, 1.165) is 36.3 Å². The maximum absolute atomic E-state index is 10.8. The highest BCUT2D eigenvalue weighted by atomic mass is 79.9. The Morgan fingerprint density at radius 3 is 2.00 bits per heavy atom. The van der Waals surface area contributed by atoms with E-state index in [-0.39, 0.29) is 11.4 Å². The first-order valence-corrected chi connectivity index (χ1v) is 8.13. The average molecular weight is 377 g/mol. The lowest BCUT2D eigenvalue weighted by Crippen LogP contribution is -2.46. The zero-order valence-corrected chi connectivity index (χ0v) is 14.1. The van der Waals surface area contributed by atoms with Gasteiger partial charge in [0.1, 0.15) is 5.69 Å². The largest absolute Gasteiger partial charge is 0.393 e. The number of nitrogens with two attached hydrogens (primary N) is 1. The summed E-state index contributed by atoms with van der Waals surface area (Å²) in [5.41, 5.74) is 8.09. The zero-order valence-electron chi connectivity index (χ0n) is 12.5. The highest BCUT2D eigenvalue weighted by molar-refractivity contribution is 9.10. The minimum absolute atomic E-state index is 0.0396. The number of benzene rings is 2. The Kier molecular flexibility index (Phi) is 4.38. The summed E-state index contributed by atoms with van der Waals surface area (Å²) in [6.45, 7) is 3.51. The van der Waals surface area contributed by atoms with E-state index in [1.54, 1.807) is 12.1 Å². The van der Waals surface area contributed by atoms with Crippen molar-refractivity contribution in [1.82, 2.24) is 0 Å². The van der Waals surface area contributed by atoms with E-state index in [9.17, 15) is 10.1 Å². The third kappa shape index (κ3) is 3.39. The molecule has 1 aliphatic heterocycles. The van der Waals surface area contributed by atoms with E-state index in [1.165, 1.54) is 11.8 Å². The van der Waals surface area contributed by atoms with Crippen molar-refractivity contribution in [3.8, 4) is 0 Å². The van der Waals surface area contributed by atoms with Crippen LogP contribution in [0.5, 0.6) is 0 Å². The SMILES string of the molecule is Nc1cc(N2CCN(c3ccc(Br)cc3)CC2)ccc1[N+](=O)[O-]. The molecule has 23 heavy (non-hydrogen) atoms. The van der Waals surface area contributed by atoms with Crippen LogP contribution < -0.4 is 15.5 Å². The molecule has 1 saturated heterocycles. The van der Waals surface area contributed by atoms with Gasteiger partial charge in [0.25, 0.3) is 5.69 Å². The van der Waals surface area contributed by atoms with E-state index in [0.29, 0.717) is 0 Å². The number of rotatable bonds is 3. The van der Waals surface area contributed by atoms with Crippen molar-refractivity contribution in [2.45, 2.75) is 0 Å². The molecule has 0 aliphatic carbocycles. The summed E-state index contributed by atoms with van der Waals surface area (Å²) in [5.74, 6) is 0. The minimum Gasteiger partial charge on any atom is -0.393 e. The molecule has 0 saturated carbocycles. The van der Waals surface area contributed by atoms with Gasteiger partial charge < -0.3 is 15.5 Å². The number of anilines is 3. The van der Waals surface area contributed by atoms with E-state index in [1.807, 2.05) is 12.1 Å². The van der Waals surface area contributed by atoms with E-state index >= 15 is 0 Å². The van der Waals surface area contributed by atoms with Gasteiger partial charge in [0.15, 0.2) is 0 Å². The number of hydrogen-bond acceptors (Lipinski definition) is 5. The number of nitrogen functional groups attached to an aromatic ring is 1. The van der Waals surface area contributed by atoms with Crippen LogP contribution in [0.15, 0.2) is 46.9 Å². The molecular formula is C16H17BrN4O2. The van der Waals surface area contributed by atoms with Crippen LogP contribution in [0.1, 0.15) is 0 Å². The normalized spacial score (nSPS) is 14.8. The van der Waals surface area contributed by atoms with Gasteiger partial charge in [-0.2, -0.15) is 0 Å². The quantitative estimate of drug-likeness (QED) is 0.505. The summed E-state index contributed by atoms with van der Waals surface area (Å²) in [6.07, 6.45) is 0. The van der Waals surface area contributed by atoms with Crippen LogP contribution in [0.4, 0.5) is 22.7 Å². The van der Waals surface area contributed by atoms with Crippen molar-refractivity contribution < 1.29 is 4.92 Å². The van der Waals surface area contributed by atoms with Crippen LogP contribution in [-0.2, 0) is 0 Å². The predicted molar refractivity (Wildman–Crippen MR) is 96.1 cm³/mol. The molecule has 2 N–H and O–H groups in total. The Hall–Kier alpha value is -2.28. The monoisotopic (exact) mass is 376 g/mol. The molecule has 1 aliphatic rings. The van der Waals surface area contributed by atoms with Gasteiger partial charge in [-0.15, -0.1) is 0 Å². The fraction of sp³-hybridized carbons (Fsp3) is 0.250. The second-order valence-electron chi connectivity index (χ2n) is 5.45. The average Bonchev–Trinajstić information content (AvgIpc) is 2.55. The fourth-order valence-corrected chi connectivity index (χ4v) is 3.04. The Bertz CT molecular complexity index is 713. The number of nitrogens with zero attached hydrogens (tertiary/aromatic N) is 3. The van der Waals surface area contributed by atoms with Crippen LogP contribution in [-0.4, -0.2) is 31.1 Å². The van der Waals surface area contributed by atoms with Gasteiger partial charge in [-0.05, 0) is 36.4 Å². The molecule has 0 atom stereocenters. The lowest BCUT2D eigenvalue weighted by Gasteiger charge is -2.37. The van der Waals surface area contributed by atoms with Gasteiger partial charge in [-0.25, -0.2) is 0 Å². The van der Waals surface area contributed by atoms with Crippen molar-refractivity contribution in [3.05, 3.63) is 57.1 Å². The zero-order chi connectivity index (χ0) is 16.4. The summed E-state index contributed by atoms with van der Waals surface area (Å²) in [7, 11) is 0. The molecule has 0 aromatic heterocycles. The Labute approximate surface area is 142 Å². The van der Waals surface area contributed by atoms with Crippen LogP contribution in [0.3, 0.4) is 0 Å². The summed E-state index contributed by atoms with van der Waals surface area (Å²) in [5, 5.41) is 10.8. The fourth-order valence-electron chi connectivity index (χ4n) is 2.78. The van der Waals surface area contributed by atoms with Crippen molar-refractivity contribution >= 4 is 38.7 Å². The van der Waals surface area contributed by atoms with Gasteiger partial charge in [0, 0.05) is 48.1 Å². The number of halogens is 1. The number of piperazine rings is 1. The molecule has 2 aromatic rings. The predicted octanol–water partition coefficient (Wildman–Crippen LogP) is 3.27. The van der Waals surface area contributed by atoms with Crippen LogP contribution in [0.25, 0.3) is 0 Å². The minimum atomic E-state index is -0.454. The molecule has 6 nitrogen and oxygen atoms in total. The Morgan fingerprint density at radius 1 is 0.957 bits per heavy atom. The molecule has 120 valence electrons. The lowest BCUT2D eigenvalue weighted by molar-refractivity contribution is -0.383. The molecule has 7 heteroatoms. The lowest BCUT2D eigenvalue weighted by atomic mass is 10.2. The highest BCUT2D eigenvalue weighted by Crippen LogP contribution is 2.28. The van der Waals surface area contributed by atoms with Gasteiger partial charge in [0.2, 0.25) is 0 Å².